The number of anilines is 1. The number of nitrogens with one attached hydrogen (secondary N) is 1. The van der Waals surface area contributed by atoms with Gasteiger partial charge in [0.05, 0.1) is 24.5 Å². The Balaban J connectivity index is 2.25. The van der Waals surface area contributed by atoms with Crippen molar-refractivity contribution in [2.75, 3.05) is 30.0 Å². The van der Waals surface area contributed by atoms with Gasteiger partial charge in [-0.2, -0.15) is 0 Å². The van der Waals surface area contributed by atoms with E-state index < -0.39 is 0 Å². The maximum Gasteiger partial charge on any atom is 0.341 e. The van der Waals surface area contributed by atoms with Crippen LogP contribution < -0.4 is 5.32 Å². The fraction of sp³-hybridized carbons (Fsp3) is 0.684. The van der Waals surface area contributed by atoms with Crippen LogP contribution in [0.15, 0.2) is 0 Å². The molecule has 2 N–H and O–H groups in total. The molecule has 1 atom stereocenters. The highest BCUT2D eigenvalue weighted by molar-refractivity contribution is 7.99. The summed E-state index contributed by atoms with van der Waals surface area (Å²) in [5.41, 5.74) is 1.81. The number of fused-ring (bicyclic) bond motifs is 1. The molecule has 0 aromatic carbocycles. The molecule has 0 radical (unpaired) electrons. The zero-order valence-corrected chi connectivity index (χ0v) is 17.6. The standard InChI is InChI=1S/C19H29NO4S2/c1-5-24-18(23)16-13-7-6-12(19(2,3)4)10-14(13)26-17(16)20-15(22)11-25-9-8-21/h12,21H,5-11H2,1-4H3,(H,20,22)/t12-/m1/s1. The van der Waals surface area contributed by atoms with Crippen LogP contribution in [-0.4, -0.2) is 41.7 Å². The Kier molecular flexibility index (Phi) is 7.55. The van der Waals surface area contributed by atoms with Gasteiger partial charge in [0.15, 0.2) is 0 Å². The third kappa shape index (κ3) is 5.24. The van der Waals surface area contributed by atoms with E-state index in [1.807, 2.05) is 0 Å². The summed E-state index contributed by atoms with van der Waals surface area (Å²) >= 11 is 2.88. The minimum atomic E-state index is -0.350. The molecule has 0 fully saturated rings. The van der Waals surface area contributed by atoms with Crippen molar-refractivity contribution in [2.45, 2.75) is 47.0 Å². The molecule has 146 valence electrons. The zero-order valence-electron chi connectivity index (χ0n) is 16.0. The second-order valence-electron chi connectivity index (χ2n) is 7.56. The minimum Gasteiger partial charge on any atom is -0.462 e. The van der Waals surface area contributed by atoms with Gasteiger partial charge in [0.2, 0.25) is 5.91 Å². The number of aliphatic hydroxyl groups is 1. The summed E-state index contributed by atoms with van der Waals surface area (Å²) in [7, 11) is 0. The van der Waals surface area contributed by atoms with Crippen molar-refractivity contribution in [1.29, 1.82) is 0 Å². The predicted molar refractivity (Wildman–Crippen MR) is 108 cm³/mol. The van der Waals surface area contributed by atoms with E-state index in [1.165, 1.54) is 28.0 Å². The average molecular weight is 400 g/mol. The quantitative estimate of drug-likeness (QED) is 0.540. The highest BCUT2D eigenvalue weighted by Gasteiger charge is 2.34. The number of thiophene rings is 1. The summed E-state index contributed by atoms with van der Waals surface area (Å²) in [5.74, 6) is 0.840. The molecule has 1 aliphatic carbocycles. The van der Waals surface area contributed by atoms with Crippen LogP contribution in [0.25, 0.3) is 0 Å². The molecule has 1 amide bonds. The summed E-state index contributed by atoms with van der Waals surface area (Å²) in [6.45, 7) is 8.91. The molecule has 26 heavy (non-hydrogen) atoms. The van der Waals surface area contributed by atoms with E-state index >= 15 is 0 Å². The van der Waals surface area contributed by atoms with Crippen molar-refractivity contribution in [2.24, 2.45) is 11.3 Å². The van der Waals surface area contributed by atoms with Gasteiger partial charge in [-0.25, -0.2) is 4.79 Å². The highest BCUT2D eigenvalue weighted by Crippen LogP contribution is 2.44. The van der Waals surface area contributed by atoms with Crippen LogP contribution in [0, 0.1) is 11.3 Å². The second kappa shape index (κ2) is 9.24. The largest absolute Gasteiger partial charge is 0.462 e. The van der Waals surface area contributed by atoms with Gasteiger partial charge < -0.3 is 15.2 Å². The number of ether oxygens (including phenoxy) is 1. The molecule has 0 saturated heterocycles. The van der Waals surface area contributed by atoms with E-state index in [4.69, 9.17) is 9.84 Å². The van der Waals surface area contributed by atoms with Gasteiger partial charge >= 0.3 is 5.97 Å². The van der Waals surface area contributed by atoms with Crippen LogP contribution in [0.5, 0.6) is 0 Å². The smallest absolute Gasteiger partial charge is 0.341 e. The molecular formula is C19H29NO4S2. The number of aliphatic hydroxyl groups excluding tert-OH is 1. The lowest BCUT2D eigenvalue weighted by molar-refractivity contribution is -0.113. The first kappa shape index (κ1) is 21.3. The minimum absolute atomic E-state index is 0.0491. The fourth-order valence-corrected chi connectivity index (χ4v) is 5.09. The lowest BCUT2D eigenvalue weighted by Crippen LogP contribution is -2.26. The second-order valence-corrected chi connectivity index (χ2v) is 9.77. The van der Waals surface area contributed by atoms with Crippen LogP contribution in [0.4, 0.5) is 5.00 Å². The SMILES string of the molecule is CCOC(=O)c1c(NC(=O)CSCCO)sc2c1CC[C@@H](C(C)(C)C)C2. The molecule has 1 aromatic heterocycles. The van der Waals surface area contributed by atoms with Crippen LogP contribution in [0.3, 0.4) is 0 Å². The van der Waals surface area contributed by atoms with Crippen molar-refractivity contribution >= 4 is 40.0 Å². The van der Waals surface area contributed by atoms with Gasteiger partial charge in [-0.05, 0) is 43.1 Å². The van der Waals surface area contributed by atoms with Gasteiger partial charge in [0.1, 0.15) is 5.00 Å². The maximum absolute atomic E-state index is 12.5. The monoisotopic (exact) mass is 399 g/mol. The van der Waals surface area contributed by atoms with Gasteiger partial charge in [-0.3, -0.25) is 4.79 Å². The Labute approximate surface area is 163 Å². The molecule has 1 heterocycles. The van der Waals surface area contributed by atoms with Crippen LogP contribution in [0.1, 0.15) is 54.9 Å². The van der Waals surface area contributed by atoms with Crippen molar-refractivity contribution in [3.8, 4) is 0 Å². The van der Waals surface area contributed by atoms with E-state index in [0.29, 0.717) is 28.8 Å². The molecule has 1 aliphatic rings. The van der Waals surface area contributed by atoms with Gasteiger partial charge in [0.25, 0.3) is 0 Å². The molecule has 0 unspecified atom stereocenters. The van der Waals surface area contributed by atoms with Crippen molar-refractivity contribution < 1.29 is 19.4 Å². The van der Waals surface area contributed by atoms with E-state index in [-0.39, 0.29) is 29.7 Å². The number of thioether (sulfide) groups is 1. The molecule has 0 spiro atoms. The summed E-state index contributed by atoms with van der Waals surface area (Å²) < 4.78 is 5.25. The first-order valence-corrected chi connectivity index (χ1v) is 11.0. The predicted octanol–water partition coefficient (Wildman–Crippen LogP) is 3.74. The van der Waals surface area contributed by atoms with Gasteiger partial charge in [-0.1, -0.05) is 20.8 Å². The number of rotatable bonds is 7. The number of carbonyl (C=O) groups is 2. The Morgan fingerprint density at radius 3 is 2.73 bits per heavy atom. The number of amides is 1. The van der Waals surface area contributed by atoms with Crippen molar-refractivity contribution in [3.63, 3.8) is 0 Å². The number of hydrogen-bond donors (Lipinski definition) is 2. The van der Waals surface area contributed by atoms with E-state index in [2.05, 4.69) is 26.1 Å². The Bertz CT molecular complexity index is 649. The normalized spacial score (nSPS) is 16.9. The fourth-order valence-electron chi connectivity index (χ4n) is 3.22. The lowest BCUT2D eigenvalue weighted by atomic mass is 9.72. The van der Waals surface area contributed by atoms with E-state index in [1.54, 1.807) is 6.92 Å². The molecule has 2 rings (SSSR count). The highest BCUT2D eigenvalue weighted by atomic mass is 32.2. The third-order valence-corrected chi connectivity index (χ3v) is 6.80. The number of carbonyl (C=O) groups excluding carboxylic acids is 2. The van der Waals surface area contributed by atoms with Gasteiger partial charge in [-0.15, -0.1) is 23.1 Å². The summed E-state index contributed by atoms with van der Waals surface area (Å²) in [5, 5.41) is 12.3. The summed E-state index contributed by atoms with van der Waals surface area (Å²) in [6, 6.07) is 0. The Morgan fingerprint density at radius 1 is 1.38 bits per heavy atom. The molecule has 5 nitrogen and oxygen atoms in total. The van der Waals surface area contributed by atoms with Crippen molar-refractivity contribution in [3.05, 3.63) is 16.0 Å². The lowest BCUT2D eigenvalue weighted by Gasteiger charge is -2.33. The summed E-state index contributed by atoms with van der Waals surface area (Å²) in [4.78, 5) is 25.9. The van der Waals surface area contributed by atoms with E-state index in [0.717, 1.165) is 24.8 Å². The topological polar surface area (TPSA) is 75.6 Å². The van der Waals surface area contributed by atoms with Crippen molar-refractivity contribution in [1.82, 2.24) is 0 Å². The molecule has 0 bridgehead atoms. The zero-order chi connectivity index (χ0) is 19.3. The Morgan fingerprint density at radius 2 is 2.12 bits per heavy atom. The third-order valence-electron chi connectivity index (χ3n) is 4.69. The molecule has 7 heteroatoms. The number of esters is 1. The Hall–Kier alpha value is -1.05. The van der Waals surface area contributed by atoms with Crippen LogP contribution >= 0.6 is 23.1 Å². The molecule has 1 aromatic rings. The maximum atomic E-state index is 12.5. The van der Waals surface area contributed by atoms with Crippen LogP contribution in [-0.2, 0) is 22.4 Å². The summed E-state index contributed by atoms with van der Waals surface area (Å²) in [6.07, 6.45) is 2.82. The molecule has 0 aliphatic heterocycles. The average Bonchev–Trinajstić information content (AvgIpc) is 2.91. The number of hydrogen-bond acceptors (Lipinski definition) is 6. The first-order chi connectivity index (χ1) is 12.3. The van der Waals surface area contributed by atoms with Gasteiger partial charge in [0, 0.05) is 10.6 Å². The molecule has 0 saturated carbocycles. The molecular weight excluding hydrogens is 370 g/mol. The van der Waals surface area contributed by atoms with E-state index in [9.17, 15) is 9.59 Å². The van der Waals surface area contributed by atoms with Crippen LogP contribution in [0.2, 0.25) is 0 Å². The first-order valence-electron chi connectivity index (χ1n) is 9.08.